The Bertz CT molecular complexity index is 451. The summed E-state index contributed by atoms with van der Waals surface area (Å²) in [4.78, 5) is 0. The van der Waals surface area contributed by atoms with Gasteiger partial charge in [0.25, 0.3) is 0 Å². The molecule has 2 heterocycles. The number of hydrogen-bond donors (Lipinski definition) is 1. The molecule has 0 radical (unpaired) electrons. The molecule has 2 saturated heterocycles. The molecule has 0 aromatic heterocycles. The van der Waals surface area contributed by atoms with Crippen molar-refractivity contribution in [1.29, 1.82) is 0 Å². The average Bonchev–Trinajstić information content (AvgIpc) is 3.09. The van der Waals surface area contributed by atoms with E-state index in [1.54, 1.807) is 0 Å². The smallest absolute Gasteiger partial charge is 0.140 e. The Hall–Kier alpha value is -0.940. The van der Waals surface area contributed by atoms with Crippen LogP contribution >= 0.6 is 0 Å². The fourth-order valence-electron chi connectivity index (χ4n) is 3.26. The van der Waals surface area contributed by atoms with Crippen LogP contribution in [0.4, 0.5) is 0 Å². The van der Waals surface area contributed by atoms with Gasteiger partial charge in [0.05, 0.1) is 19.8 Å². The molecule has 0 aliphatic carbocycles. The van der Waals surface area contributed by atoms with E-state index in [4.69, 9.17) is 14.2 Å². The van der Waals surface area contributed by atoms with Crippen LogP contribution in [0.1, 0.15) is 25.8 Å². The van der Waals surface area contributed by atoms with Crippen LogP contribution in [0.3, 0.4) is 0 Å². The van der Waals surface area contributed by atoms with Gasteiger partial charge in [0, 0.05) is 0 Å². The van der Waals surface area contributed by atoms with Crippen molar-refractivity contribution >= 4 is 0 Å². The summed E-state index contributed by atoms with van der Waals surface area (Å²) >= 11 is 0. The minimum atomic E-state index is 0.0636. The van der Waals surface area contributed by atoms with E-state index in [0.29, 0.717) is 19.3 Å². The maximum Gasteiger partial charge on any atom is 0.140 e. The molecule has 0 unspecified atom stereocenters. The highest BCUT2D eigenvalue weighted by atomic mass is 16.6. The maximum absolute atomic E-state index is 6.03. The molecule has 0 bridgehead atoms. The molecule has 2 N–H and O–H groups in total. The molecular formula is C18H28NO3+. The zero-order valence-electron chi connectivity index (χ0n) is 13.6. The summed E-state index contributed by atoms with van der Waals surface area (Å²) in [6.45, 7) is 7.73. The molecular weight excluding hydrogens is 278 g/mol. The molecule has 4 nitrogen and oxygen atoms in total. The number of nitrogens with two attached hydrogens (primary N) is 1. The first-order chi connectivity index (χ1) is 10.7. The molecule has 0 spiro atoms. The van der Waals surface area contributed by atoms with Crippen molar-refractivity contribution in [2.24, 2.45) is 5.92 Å². The number of hydrogen-bond acceptors (Lipinski definition) is 3. The predicted octanol–water partition coefficient (Wildman–Crippen LogP) is 1.35. The third-order valence-corrected chi connectivity index (χ3v) is 4.57. The molecule has 1 aromatic carbocycles. The van der Waals surface area contributed by atoms with Gasteiger partial charge < -0.3 is 19.5 Å². The van der Waals surface area contributed by atoms with Gasteiger partial charge in [0.2, 0.25) is 0 Å². The highest BCUT2D eigenvalue weighted by Crippen LogP contribution is 2.28. The minimum absolute atomic E-state index is 0.0636. The van der Waals surface area contributed by atoms with E-state index in [-0.39, 0.29) is 18.3 Å². The van der Waals surface area contributed by atoms with Gasteiger partial charge in [-0.3, -0.25) is 0 Å². The normalized spacial score (nSPS) is 30.9. The highest BCUT2D eigenvalue weighted by Gasteiger charge is 2.50. The Morgan fingerprint density at radius 2 is 1.91 bits per heavy atom. The third-order valence-electron chi connectivity index (χ3n) is 4.57. The Labute approximate surface area is 133 Å². The van der Waals surface area contributed by atoms with Crippen LogP contribution < -0.4 is 5.32 Å². The maximum atomic E-state index is 6.03. The lowest BCUT2D eigenvalue weighted by Crippen LogP contribution is -2.93. The van der Waals surface area contributed by atoms with E-state index in [1.165, 1.54) is 12.0 Å². The molecule has 122 valence electrons. The van der Waals surface area contributed by atoms with Gasteiger partial charge in [-0.05, 0) is 17.9 Å². The van der Waals surface area contributed by atoms with Gasteiger partial charge in [-0.2, -0.15) is 0 Å². The summed E-state index contributed by atoms with van der Waals surface area (Å²) in [6, 6.07) is 10.7. The second-order valence-corrected chi connectivity index (χ2v) is 6.80. The zero-order valence-corrected chi connectivity index (χ0v) is 13.6. The van der Waals surface area contributed by atoms with E-state index in [2.05, 4.69) is 31.3 Å². The van der Waals surface area contributed by atoms with Crippen molar-refractivity contribution in [3.8, 4) is 0 Å². The van der Waals surface area contributed by atoms with E-state index in [9.17, 15) is 0 Å². The van der Waals surface area contributed by atoms with Crippen LogP contribution in [-0.2, 0) is 20.8 Å². The van der Waals surface area contributed by atoms with Crippen LogP contribution in [0.5, 0.6) is 0 Å². The molecule has 1 aromatic rings. The lowest BCUT2D eigenvalue weighted by Gasteiger charge is -2.16. The summed E-state index contributed by atoms with van der Waals surface area (Å²) in [5.74, 6) is 0.751. The minimum Gasteiger partial charge on any atom is -0.368 e. The van der Waals surface area contributed by atoms with Crippen LogP contribution in [0.15, 0.2) is 30.3 Å². The van der Waals surface area contributed by atoms with Gasteiger partial charge >= 0.3 is 0 Å². The van der Waals surface area contributed by atoms with Crippen molar-refractivity contribution in [1.82, 2.24) is 0 Å². The van der Waals surface area contributed by atoms with E-state index in [0.717, 1.165) is 19.1 Å². The first-order valence-electron chi connectivity index (χ1n) is 8.46. The number of rotatable bonds is 7. The Kier molecular flexibility index (Phi) is 5.47. The second kappa shape index (κ2) is 7.55. The Morgan fingerprint density at radius 3 is 2.68 bits per heavy atom. The van der Waals surface area contributed by atoms with Gasteiger partial charge in [-0.1, -0.05) is 44.2 Å². The van der Waals surface area contributed by atoms with E-state index in [1.807, 2.05) is 18.2 Å². The third kappa shape index (κ3) is 3.87. The number of ether oxygens (including phenoxy) is 3. The molecule has 22 heavy (non-hydrogen) atoms. The Balaban J connectivity index is 1.45. The van der Waals surface area contributed by atoms with Crippen molar-refractivity contribution in [3.05, 3.63) is 35.9 Å². The Morgan fingerprint density at radius 1 is 1.14 bits per heavy atom. The standard InChI is InChI=1S/C18H27NO3/c1-13(2)8-9-19-15-11-21-18-16(12-22-17(15)18)20-10-14-6-4-3-5-7-14/h3-7,13,15-19H,8-12H2,1-2H3/p+1/t15-,16+,17+,18+/m0/s1. The fourth-order valence-corrected chi connectivity index (χ4v) is 3.26. The molecule has 0 amide bonds. The van der Waals surface area contributed by atoms with E-state index >= 15 is 0 Å². The molecule has 2 aliphatic heterocycles. The van der Waals surface area contributed by atoms with Crippen molar-refractivity contribution in [2.75, 3.05) is 19.8 Å². The van der Waals surface area contributed by atoms with Gasteiger partial charge in [-0.25, -0.2) is 0 Å². The topological polar surface area (TPSA) is 44.3 Å². The summed E-state index contributed by atoms with van der Waals surface area (Å²) in [5.41, 5.74) is 1.20. The average molecular weight is 306 g/mol. The van der Waals surface area contributed by atoms with Crippen LogP contribution in [0.2, 0.25) is 0 Å². The quantitative estimate of drug-likeness (QED) is 0.827. The molecule has 2 aliphatic rings. The monoisotopic (exact) mass is 306 g/mol. The summed E-state index contributed by atoms with van der Waals surface area (Å²) in [5, 5.41) is 2.39. The van der Waals surface area contributed by atoms with Crippen molar-refractivity contribution < 1.29 is 19.5 Å². The van der Waals surface area contributed by atoms with Crippen molar-refractivity contribution in [3.63, 3.8) is 0 Å². The molecule has 2 fully saturated rings. The van der Waals surface area contributed by atoms with Crippen LogP contribution in [0.25, 0.3) is 0 Å². The molecule has 4 atom stereocenters. The zero-order chi connectivity index (χ0) is 15.4. The van der Waals surface area contributed by atoms with Gasteiger partial charge in [0.15, 0.2) is 0 Å². The lowest BCUT2D eigenvalue weighted by molar-refractivity contribution is -0.693. The lowest BCUT2D eigenvalue weighted by atomic mass is 10.1. The molecule has 4 heteroatoms. The molecule has 3 rings (SSSR count). The predicted molar refractivity (Wildman–Crippen MR) is 84.5 cm³/mol. The molecule has 0 saturated carbocycles. The highest BCUT2D eigenvalue weighted by molar-refractivity contribution is 5.13. The van der Waals surface area contributed by atoms with Crippen molar-refractivity contribution in [2.45, 2.75) is 51.2 Å². The number of quaternary nitrogens is 1. The van der Waals surface area contributed by atoms with Crippen LogP contribution in [-0.4, -0.2) is 44.1 Å². The second-order valence-electron chi connectivity index (χ2n) is 6.80. The summed E-state index contributed by atoms with van der Waals surface area (Å²) in [6.07, 6.45) is 1.59. The van der Waals surface area contributed by atoms with Gasteiger partial charge in [-0.15, -0.1) is 0 Å². The number of fused-ring (bicyclic) bond motifs is 1. The SMILES string of the molecule is CC(C)CC[NH2+][C@H]1CO[C@H]2[C@@H]1OC[C@H]2OCc1ccccc1. The van der Waals surface area contributed by atoms with Crippen LogP contribution in [0, 0.1) is 5.92 Å². The summed E-state index contributed by atoms with van der Waals surface area (Å²) < 4.78 is 18.0. The van der Waals surface area contributed by atoms with E-state index < -0.39 is 0 Å². The first kappa shape index (κ1) is 15.9. The van der Waals surface area contributed by atoms with Gasteiger partial charge in [0.1, 0.15) is 31.0 Å². The fraction of sp³-hybridized carbons (Fsp3) is 0.667. The number of benzene rings is 1. The summed E-state index contributed by atoms with van der Waals surface area (Å²) in [7, 11) is 0. The first-order valence-corrected chi connectivity index (χ1v) is 8.46. The largest absolute Gasteiger partial charge is 0.368 e.